The predicted molar refractivity (Wildman–Crippen MR) is 86.7 cm³/mol. The molecule has 1 aromatic carbocycles. The molecule has 0 heterocycles. The van der Waals surface area contributed by atoms with Crippen molar-refractivity contribution in [3.8, 4) is 5.75 Å². The Bertz CT molecular complexity index is 467. The summed E-state index contributed by atoms with van der Waals surface area (Å²) < 4.78 is 5.70. The zero-order valence-electron chi connectivity index (χ0n) is 14.1. The fourth-order valence-electron chi connectivity index (χ4n) is 2.23. The van der Waals surface area contributed by atoms with Crippen LogP contribution in [0.3, 0.4) is 0 Å². The summed E-state index contributed by atoms with van der Waals surface area (Å²) in [5.74, 6) is 0.706. The van der Waals surface area contributed by atoms with Gasteiger partial charge in [-0.15, -0.1) is 0 Å². The van der Waals surface area contributed by atoms with E-state index in [1.807, 2.05) is 34.6 Å². The third kappa shape index (κ3) is 6.17. The third-order valence-electron chi connectivity index (χ3n) is 2.96. The minimum atomic E-state index is -0.236. The molecule has 0 aliphatic heterocycles. The summed E-state index contributed by atoms with van der Waals surface area (Å²) in [5.41, 5.74) is 3.12. The van der Waals surface area contributed by atoms with Crippen molar-refractivity contribution in [1.82, 2.24) is 10.6 Å². The lowest BCUT2D eigenvalue weighted by atomic mass is 10.1. The van der Waals surface area contributed by atoms with Crippen molar-refractivity contribution < 1.29 is 9.53 Å². The number of nitrogens with one attached hydrogen (secondary N) is 2. The van der Waals surface area contributed by atoms with Crippen molar-refractivity contribution >= 4 is 5.91 Å². The van der Waals surface area contributed by atoms with E-state index >= 15 is 0 Å². The molecule has 4 heteroatoms. The van der Waals surface area contributed by atoms with E-state index < -0.39 is 0 Å². The van der Waals surface area contributed by atoms with E-state index in [-0.39, 0.29) is 18.1 Å². The summed E-state index contributed by atoms with van der Waals surface area (Å²) in [6.45, 7) is 13.8. The molecule has 4 nitrogen and oxygen atoms in total. The molecule has 1 rings (SSSR count). The van der Waals surface area contributed by atoms with E-state index in [0.29, 0.717) is 0 Å². The predicted octanol–water partition coefficient (Wildman–Crippen LogP) is 2.71. The van der Waals surface area contributed by atoms with Crippen molar-refractivity contribution in [3.05, 3.63) is 28.8 Å². The normalized spacial score (nSPS) is 11.3. The Morgan fingerprint density at radius 3 is 2.24 bits per heavy atom. The number of hydrogen-bond donors (Lipinski definition) is 2. The number of amides is 1. The Kier molecular flexibility index (Phi) is 6.21. The number of hydrogen-bond acceptors (Lipinski definition) is 3. The van der Waals surface area contributed by atoms with Gasteiger partial charge in [-0.2, -0.15) is 0 Å². The Hall–Kier alpha value is -1.55. The van der Waals surface area contributed by atoms with Gasteiger partial charge in [-0.3, -0.25) is 4.79 Å². The number of carbonyl (C=O) groups is 1. The van der Waals surface area contributed by atoms with Crippen LogP contribution in [0.2, 0.25) is 0 Å². The van der Waals surface area contributed by atoms with E-state index in [4.69, 9.17) is 4.74 Å². The molecule has 1 aromatic rings. The molecule has 0 saturated heterocycles. The van der Waals surface area contributed by atoms with E-state index in [9.17, 15) is 4.79 Å². The quantitative estimate of drug-likeness (QED) is 0.847. The highest BCUT2D eigenvalue weighted by Gasteiger charge is 2.15. The molecular weight excluding hydrogens is 264 g/mol. The largest absolute Gasteiger partial charge is 0.483 e. The van der Waals surface area contributed by atoms with Gasteiger partial charge in [0.25, 0.3) is 5.91 Å². The molecule has 0 spiro atoms. The number of ether oxygens (including phenoxy) is 1. The van der Waals surface area contributed by atoms with Gasteiger partial charge in [-0.1, -0.05) is 19.1 Å². The van der Waals surface area contributed by atoms with E-state index in [1.54, 1.807) is 0 Å². The molecule has 0 unspecified atom stereocenters. The number of benzene rings is 1. The molecule has 118 valence electrons. The summed E-state index contributed by atoms with van der Waals surface area (Å²) in [7, 11) is 0. The van der Waals surface area contributed by atoms with Gasteiger partial charge in [0.15, 0.2) is 6.61 Å². The molecule has 0 aliphatic carbocycles. The second kappa shape index (κ2) is 7.46. The first kappa shape index (κ1) is 17.5. The summed E-state index contributed by atoms with van der Waals surface area (Å²) in [4.78, 5) is 11.8. The lowest BCUT2D eigenvalue weighted by molar-refractivity contribution is -0.124. The second-order valence-electron chi connectivity index (χ2n) is 6.43. The second-order valence-corrected chi connectivity index (χ2v) is 6.43. The maximum absolute atomic E-state index is 11.8. The summed E-state index contributed by atoms with van der Waals surface area (Å²) in [5, 5.41) is 6.20. The summed E-state index contributed by atoms with van der Waals surface area (Å²) >= 11 is 0. The standard InChI is InChI=1S/C17H28N2O2/c1-7-18-10-14-8-12(2)16(13(3)9-14)21-11-15(20)19-17(4,5)6/h8-9,18H,7,10-11H2,1-6H3,(H,19,20). The van der Waals surface area contributed by atoms with Crippen LogP contribution in [-0.4, -0.2) is 24.6 Å². The Balaban J connectivity index is 2.69. The van der Waals surface area contributed by atoms with Crippen molar-refractivity contribution in [2.24, 2.45) is 0 Å². The van der Waals surface area contributed by atoms with Crippen LogP contribution in [-0.2, 0) is 11.3 Å². The van der Waals surface area contributed by atoms with Crippen LogP contribution in [0, 0.1) is 13.8 Å². The molecule has 2 N–H and O–H groups in total. The smallest absolute Gasteiger partial charge is 0.258 e. The number of carbonyl (C=O) groups excluding carboxylic acids is 1. The van der Waals surface area contributed by atoms with Crippen LogP contribution in [0.25, 0.3) is 0 Å². The van der Waals surface area contributed by atoms with Gasteiger partial charge in [-0.05, 0) is 57.9 Å². The van der Waals surface area contributed by atoms with Crippen LogP contribution in [0.5, 0.6) is 5.75 Å². The number of rotatable bonds is 6. The van der Waals surface area contributed by atoms with Crippen LogP contribution >= 0.6 is 0 Å². The Morgan fingerprint density at radius 2 is 1.76 bits per heavy atom. The van der Waals surface area contributed by atoms with Crippen molar-refractivity contribution in [3.63, 3.8) is 0 Å². The van der Waals surface area contributed by atoms with Gasteiger partial charge in [-0.25, -0.2) is 0 Å². The van der Waals surface area contributed by atoms with Crippen LogP contribution < -0.4 is 15.4 Å². The van der Waals surface area contributed by atoms with E-state index in [1.165, 1.54) is 5.56 Å². The molecule has 0 radical (unpaired) electrons. The molecule has 21 heavy (non-hydrogen) atoms. The molecule has 0 saturated carbocycles. The molecule has 0 aliphatic rings. The van der Waals surface area contributed by atoms with Crippen LogP contribution in [0.4, 0.5) is 0 Å². The van der Waals surface area contributed by atoms with Crippen molar-refractivity contribution in [2.45, 2.75) is 53.6 Å². The fraction of sp³-hybridized carbons (Fsp3) is 0.588. The first-order chi connectivity index (χ1) is 9.73. The molecule has 1 amide bonds. The highest BCUT2D eigenvalue weighted by molar-refractivity contribution is 5.78. The van der Waals surface area contributed by atoms with Crippen LogP contribution in [0.15, 0.2) is 12.1 Å². The van der Waals surface area contributed by atoms with Gasteiger partial charge < -0.3 is 15.4 Å². The van der Waals surface area contributed by atoms with Gasteiger partial charge in [0.05, 0.1) is 0 Å². The molecule has 0 aromatic heterocycles. The highest BCUT2D eigenvalue weighted by Crippen LogP contribution is 2.24. The zero-order chi connectivity index (χ0) is 16.0. The Labute approximate surface area is 128 Å². The average molecular weight is 292 g/mol. The first-order valence-corrected chi connectivity index (χ1v) is 7.47. The van der Waals surface area contributed by atoms with Crippen molar-refractivity contribution in [2.75, 3.05) is 13.2 Å². The van der Waals surface area contributed by atoms with Gasteiger partial charge in [0.2, 0.25) is 0 Å². The Morgan fingerprint density at radius 1 is 1.19 bits per heavy atom. The van der Waals surface area contributed by atoms with E-state index in [0.717, 1.165) is 30.0 Å². The average Bonchev–Trinajstić information content (AvgIpc) is 2.33. The fourth-order valence-corrected chi connectivity index (χ4v) is 2.23. The summed E-state index contributed by atoms with van der Waals surface area (Å²) in [6, 6.07) is 4.21. The zero-order valence-corrected chi connectivity index (χ0v) is 14.1. The minimum Gasteiger partial charge on any atom is -0.483 e. The SMILES string of the molecule is CCNCc1cc(C)c(OCC(=O)NC(C)(C)C)c(C)c1. The lowest BCUT2D eigenvalue weighted by Crippen LogP contribution is -2.43. The highest BCUT2D eigenvalue weighted by atomic mass is 16.5. The lowest BCUT2D eigenvalue weighted by Gasteiger charge is -2.21. The first-order valence-electron chi connectivity index (χ1n) is 7.47. The van der Waals surface area contributed by atoms with Crippen LogP contribution in [0.1, 0.15) is 44.4 Å². The van der Waals surface area contributed by atoms with Crippen molar-refractivity contribution in [1.29, 1.82) is 0 Å². The third-order valence-corrected chi connectivity index (χ3v) is 2.96. The molecule has 0 bridgehead atoms. The molecule has 0 atom stereocenters. The maximum atomic E-state index is 11.8. The summed E-state index contributed by atoms with van der Waals surface area (Å²) in [6.07, 6.45) is 0. The van der Waals surface area contributed by atoms with Gasteiger partial charge in [0, 0.05) is 12.1 Å². The topological polar surface area (TPSA) is 50.4 Å². The molecular formula is C17H28N2O2. The van der Waals surface area contributed by atoms with Gasteiger partial charge in [0.1, 0.15) is 5.75 Å². The molecule has 0 fully saturated rings. The number of aryl methyl sites for hydroxylation is 2. The minimum absolute atomic E-state index is 0.0471. The maximum Gasteiger partial charge on any atom is 0.258 e. The van der Waals surface area contributed by atoms with E-state index in [2.05, 4.69) is 29.7 Å². The van der Waals surface area contributed by atoms with Gasteiger partial charge >= 0.3 is 0 Å². The monoisotopic (exact) mass is 292 g/mol.